The minimum atomic E-state index is -4.94. The molecule has 28 heteroatoms. The predicted molar refractivity (Wildman–Crippen MR) is 238 cm³/mol. The van der Waals surface area contributed by atoms with Crippen LogP contribution in [0.4, 0.5) is 22.7 Å². The van der Waals surface area contributed by atoms with Crippen LogP contribution in [0, 0.1) is 13.8 Å². The topological polar surface area (TPSA) is 383 Å². The van der Waals surface area contributed by atoms with Crippen molar-refractivity contribution in [2.75, 3.05) is 0 Å². The molecule has 0 saturated carbocycles. The average Bonchev–Trinajstić information content (AvgIpc) is 3.70. The van der Waals surface area contributed by atoms with Crippen molar-refractivity contribution in [2.24, 2.45) is 20.5 Å². The van der Waals surface area contributed by atoms with Crippen molar-refractivity contribution in [3.8, 4) is 45.8 Å². The van der Waals surface area contributed by atoms with Gasteiger partial charge in [-0.25, -0.2) is 0 Å². The average molecular weight is 1010 g/mol. The van der Waals surface area contributed by atoms with Crippen molar-refractivity contribution in [1.29, 1.82) is 0 Å². The Hall–Kier alpha value is -7.70. The van der Waals surface area contributed by atoms with E-state index < -0.39 is 71.8 Å². The van der Waals surface area contributed by atoms with Crippen LogP contribution in [0.25, 0.3) is 44.0 Å². The Morgan fingerprint density at radius 3 is 1.13 bits per heavy atom. The molecule has 0 unspecified atom stereocenters. The lowest BCUT2D eigenvalue weighted by atomic mass is 10.0. The van der Waals surface area contributed by atoms with Crippen molar-refractivity contribution in [3.63, 3.8) is 0 Å². The molecule has 8 aromatic rings. The summed E-state index contributed by atoms with van der Waals surface area (Å²) in [4.78, 5) is -3.21. The van der Waals surface area contributed by atoms with Crippen LogP contribution in [0.3, 0.4) is 0 Å². The molecule has 0 radical (unpaired) electrons. The summed E-state index contributed by atoms with van der Waals surface area (Å²) in [6, 6.07) is 19.1. The summed E-state index contributed by atoms with van der Waals surface area (Å²) >= 11 is 0. The lowest BCUT2D eigenvalue weighted by Crippen LogP contribution is -2.05. The van der Waals surface area contributed by atoms with Crippen LogP contribution in [-0.2, 0) is 40.5 Å². The Morgan fingerprint density at radius 1 is 0.441 bits per heavy atom. The number of hydrogen-bond acceptors (Lipinski definition) is 18. The Morgan fingerprint density at radius 2 is 0.809 bits per heavy atom. The fraction of sp³-hybridized carbons (Fsp3) is 0.0500. The van der Waals surface area contributed by atoms with Crippen molar-refractivity contribution in [3.05, 3.63) is 108 Å². The molecule has 2 aromatic heterocycles. The van der Waals surface area contributed by atoms with Crippen molar-refractivity contribution in [1.82, 2.24) is 19.6 Å². The molecule has 8 N–H and O–H groups in total. The number of aromatic hydroxyl groups is 4. The minimum Gasteiger partial charge on any atom is -0.506 e. The van der Waals surface area contributed by atoms with Gasteiger partial charge in [0, 0.05) is 10.8 Å². The van der Waals surface area contributed by atoms with Crippen molar-refractivity contribution in [2.45, 2.75) is 33.4 Å². The van der Waals surface area contributed by atoms with Crippen LogP contribution >= 0.6 is 0 Å². The maximum atomic E-state index is 12.0. The molecular weight excluding hydrogens is 977 g/mol. The second kappa shape index (κ2) is 16.6. The molecule has 24 nitrogen and oxygen atoms in total. The first-order valence-electron chi connectivity index (χ1n) is 18.8. The molecule has 0 atom stereocenters. The fourth-order valence-corrected chi connectivity index (χ4v) is 9.68. The van der Waals surface area contributed by atoms with Gasteiger partial charge in [-0.15, -0.1) is 20.5 Å². The van der Waals surface area contributed by atoms with E-state index in [-0.39, 0.29) is 78.6 Å². The second-order valence-electron chi connectivity index (χ2n) is 14.7. The van der Waals surface area contributed by atoms with Crippen LogP contribution < -0.4 is 0 Å². The van der Waals surface area contributed by atoms with Gasteiger partial charge in [-0.1, -0.05) is 24.3 Å². The van der Waals surface area contributed by atoms with E-state index in [4.69, 9.17) is 0 Å². The summed E-state index contributed by atoms with van der Waals surface area (Å²) < 4.78 is 136. The molecule has 8 rings (SSSR count). The number of phenolic OH excluding ortho intramolecular Hbond substituents is 2. The summed E-state index contributed by atoms with van der Waals surface area (Å²) in [6.07, 6.45) is 0. The number of azo groups is 2. The first kappa shape index (κ1) is 46.8. The molecule has 0 amide bonds. The first-order valence-corrected chi connectivity index (χ1v) is 24.6. The summed E-state index contributed by atoms with van der Waals surface area (Å²) in [5, 5.41) is 68.2. The van der Waals surface area contributed by atoms with Crippen molar-refractivity contribution < 1.29 is 72.3 Å². The van der Waals surface area contributed by atoms with E-state index >= 15 is 0 Å². The molecule has 0 fully saturated rings. The molecule has 0 aliphatic carbocycles. The van der Waals surface area contributed by atoms with Gasteiger partial charge >= 0.3 is 0 Å². The third kappa shape index (κ3) is 8.94. The van der Waals surface area contributed by atoms with E-state index in [2.05, 4.69) is 30.7 Å². The summed E-state index contributed by atoms with van der Waals surface area (Å²) in [6.45, 7) is 2.95. The smallest absolute Gasteiger partial charge is 0.295 e. The van der Waals surface area contributed by atoms with Gasteiger partial charge in [-0.3, -0.25) is 18.2 Å². The zero-order chi connectivity index (χ0) is 49.4. The Labute approximate surface area is 383 Å². The van der Waals surface area contributed by atoms with Gasteiger partial charge in [0.15, 0.2) is 11.4 Å². The molecule has 0 bridgehead atoms. The highest BCUT2D eigenvalue weighted by Crippen LogP contribution is 2.41. The summed E-state index contributed by atoms with van der Waals surface area (Å²) in [5.41, 5.74) is 0.852. The van der Waals surface area contributed by atoms with Gasteiger partial charge < -0.3 is 20.4 Å². The maximum absolute atomic E-state index is 12.0. The van der Waals surface area contributed by atoms with Gasteiger partial charge in [0.1, 0.15) is 32.7 Å². The quantitative estimate of drug-likeness (QED) is 0.0465. The van der Waals surface area contributed by atoms with Crippen LogP contribution in [0.15, 0.2) is 137 Å². The van der Waals surface area contributed by atoms with E-state index in [0.717, 1.165) is 21.5 Å². The van der Waals surface area contributed by atoms with Crippen LogP contribution in [0.2, 0.25) is 0 Å². The predicted octanol–water partition coefficient (Wildman–Crippen LogP) is 7.29. The number of aryl methyl sites for hydroxylation is 2. The normalized spacial score (nSPS) is 12.9. The van der Waals surface area contributed by atoms with Gasteiger partial charge in [-0.05, 0) is 109 Å². The van der Waals surface area contributed by atoms with E-state index in [1.165, 1.54) is 86.6 Å². The number of fused-ring (bicyclic) bond motifs is 2. The van der Waals surface area contributed by atoms with Gasteiger partial charge in [0.2, 0.25) is 11.8 Å². The maximum Gasteiger partial charge on any atom is 0.295 e. The number of benzene rings is 6. The second-order valence-corrected chi connectivity index (χ2v) is 20.3. The molecule has 0 spiro atoms. The Balaban J connectivity index is 1.02. The number of phenols is 2. The molecule has 68 heavy (non-hydrogen) atoms. The molecule has 350 valence electrons. The highest BCUT2D eigenvalue weighted by Gasteiger charge is 2.24. The minimum absolute atomic E-state index is 0.0544. The lowest BCUT2D eigenvalue weighted by molar-refractivity contribution is 0.434. The third-order valence-electron chi connectivity index (χ3n) is 10.2. The number of nitrogens with zero attached hydrogens (tertiary/aromatic N) is 8. The van der Waals surface area contributed by atoms with Gasteiger partial charge in [-0.2, -0.15) is 53.2 Å². The highest BCUT2D eigenvalue weighted by molar-refractivity contribution is 7.87. The number of rotatable bonds is 11. The largest absolute Gasteiger partial charge is 0.506 e. The van der Waals surface area contributed by atoms with Gasteiger partial charge in [0.25, 0.3) is 40.5 Å². The Kier molecular flexibility index (Phi) is 11.4. The molecule has 0 saturated heterocycles. The monoisotopic (exact) mass is 1010 g/mol. The van der Waals surface area contributed by atoms with Gasteiger partial charge in [0.05, 0.1) is 32.6 Å². The third-order valence-corrected chi connectivity index (χ3v) is 13.6. The van der Waals surface area contributed by atoms with E-state index in [1.807, 2.05) is 0 Å². The fourth-order valence-electron chi connectivity index (χ4n) is 6.97. The Bertz CT molecular complexity index is 3740. The molecule has 0 aliphatic heterocycles. The van der Waals surface area contributed by atoms with E-state index in [9.17, 15) is 72.3 Å². The lowest BCUT2D eigenvalue weighted by Gasteiger charge is -2.09. The summed E-state index contributed by atoms with van der Waals surface area (Å²) in [5.74, 6) is -1.86. The summed E-state index contributed by atoms with van der Waals surface area (Å²) in [7, 11) is -19.7. The zero-order valence-electron chi connectivity index (χ0n) is 34.3. The molecule has 2 heterocycles. The first-order chi connectivity index (χ1) is 31.7. The van der Waals surface area contributed by atoms with Crippen molar-refractivity contribution >= 4 is 84.8 Å². The van der Waals surface area contributed by atoms with Crippen LogP contribution in [0.1, 0.15) is 11.4 Å². The molecule has 6 aromatic carbocycles. The van der Waals surface area contributed by atoms with E-state index in [1.54, 1.807) is 0 Å². The standard InChI is InChI=1S/C40H30N8O16S4/c1-19-37(39(51)47(45-19)25-5-7-29-23(11-25)13-27(65(53,54)55)17-35(29)67(59,60)61)43-41-31-9-3-21(15-33(31)49)22-4-10-32(34(50)16-22)42-44-38-20(2)46-48(40(38)52)26-6-8-30-24(12-26)14-28(66(56,57)58)18-36(30)68(62,63)64/h3-18,49-52H,1-2H3,(H,53,54,55)(H,56,57,58)(H,59,60,61)(H,62,63,64). The van der Waals surface area contributed by atoms with Crippen LogP contribution in [0.5, 0.6) is 23.3 Å². The van der Waals surface area contributed by atoms with E-state index in [0.29, 0.717) is 23.3 Å². The molecular formula is C40H30N8O16S4. The molecule has 0 aliphatic rings. The SMILES string of the molecule is Cc1nn(-c2ccc3c(S(=O)(=O)O)cc(S(=O)(=O)O)cc3c2)c(O)c1N=Nc1ccc(-c2ccc(N=Nc3c(C)nn(-c4ccc5c(S(=O)(=O)O)cc(S(=O)(=O)O)cc5c4)c3O)c(O)c2)cc1O. The highest BCUT2D eigenvalue weighted by atomic mass is 32.2. The zero-order valence-corrected chi connectivity index (χ0v) is 37.6. The number of aromatic nitrogens is 4. The van der Waals surface area contributed by atoms with Crippen LogP contribution in [-0.4, -0.2) is 91.9 Å². The number of hydrogen-bond donors (Lipinski definition) is 8.